The van der Waals surface area contributed by atoms with Crippen LogP contribution in [0.5, 0.6) is 11.5 Å². The molecule has 0 saturated heterocycles. The van der Waals surface area contributed by atoms with E-state index in [1.165, 1.54) is 25.3 Å². The molecule has 0 saturated carbocycles. The van der Waals surface area contributed by atoms with Crippen LogP contribution in [0.3, 0.4) is 0 Å². The second kappa shape index (κ2) is 11.7. The Morgan fingerprint density at radius 3 is 2.51 bits per heavy atom. The lowest BCUT2D eigenvalue weighted by Crippen LogP contribution is -2.17. The maximum Gasteiger partial charge on any atom is 0.573 e. The molecule has 0 amide bonds. The molecule has 11 heteroatoms. The highest BCUT2D eigenvalue weighted by molar-refractivity contribution is 6.35. The summed E-state index contributed by atoms with van der Waals surface area (Å²) < 4.78 is 51.8. The average molecular weight is 510 g/mol. The number of hydrogen-bond donors (Lipinski definition) is 1. The average Bonchev–Trinajstić information content (AvgIpc) is 2.83. The van der Waals surface area contributed by atoms with Crippen molar-refractivity contribution in [3.8, 4) is 22.6 Å². The summed E-state index contributed by atoms with van der Waals surface area (Å²) in [6.45, 7) is 2.65. The normalized spacial score (nSPS) is 11.1. The summed E-state index contributed by atoms with van der Waals surface area (Å²) in [5.74, 6) is -0.305. The Hall–Kier alpha value is -3.53. The number of alkyl halides is 3. The van der Waals surface area contributed by atoms with Gasteiger partial charge in [0, 0.05) is 24.5 Å². The van der Waals surface area contributed by atoms with E-state index < -0.39 is 12.3 Å². The van der Waals surface area contributed by atoms with Crippen molar-refractivity contribution in [2.24, 2.45) is 0 Å². The van der Waals surface area contributed by atoms with Crippen LogP contribution in [-0.2, 0) is 11.3 Å². The molecule has 0 aliphatic rings. The molecule has 0 aliphatic carbocycles. The summed E-state index contributed by atoms with van der Waals surface area (Å²) in [6, 6.07) is 8.86. The lowest BCUT2D eigenvalue weighted by molar-refractivity contribution is -0.274. The molecule has 0 unspecified atom stereocenters. The zero-order chi connectivity index (χ0) is 25.4. The van der Waals surface area contributed by atoms with Gasteiger partial charge in [-0.2, -0.15) is 0 Å². The van der Waals surface area contributed by atoms with Crippen molar-refractivity contribution in [1.29, 1.82) is 0 Å². The molecule has 1 aromatic heterocycles. The molecular formula is C24H23ClF3N3O4. The van der Waals surface area contributed by atoms with Gasteiger partial charge in [0.15, 0.2) is 0 Å². The van der Waals surface area contributed by atoms with Crippen molar-refractivity contribution in [2.75, 3.05) is 19.0 Å². The molecule has 3 rings (SSSR count). The summed E-state index contributed by atoms with van der Waals surface area (Å²) in [6.07, 6.45) is 0.0739. The third-order valence-corrected chi connectivity index (χ3v) is 5.16. The molecule has 35 heavy (non-hydrogen) atoms. The molecule has 0 aliphatic heterocycles. The molecule has 0 atom stereocenters. The van der Waals surface area contributed by atoms with Crippen LogP contribution in [0.25, 0.3) is 11.1 Å². The number of aromatic nitrogens is 2. The summed E-state index contributed by atoms with van der Waals surface area (Å²) in [7, 11) is 1.26. The molecule has 2 aromatic carbocycles. The second-order valence-corrected chi connectivity index (χ2v) is 7.75. The first-order chi connectivity index (χ1) is 16.7. The highest BCUT2D eigenvalue weighted by Crippen LogP contribution is 2.35. The molecule has 1 N–H and O–H groups in total. The quantitative estimate of drug-likeness (QED) is 0.254. The Balaban J connectivity index is 1.76. The molecule has 0 spiro atoms. The summed E-state index contributed by atoms with van der Waals surface area (Å²) in [5, 5.41) is 3.10. The fraction of sp³-hybridized carbons (Fsp3) is 0.292. The number of benzene rings is 2. The lowest BCUT2D eigenvalue weighted by atomic mass is 10.0. The van der Waals surface area contributed by atoms with Gasteiger partial charge in [0.1, 0.15) is 11.5 Å². The molecule has 0 radical (unpaired) electrons. The van der Waals surface area contributed by atoms with Gasteiger partial charge in [-0.25, -0.2) is 14.8 Å². The number of halogens is 4. The molecule has 0 bridgehead atoms. The maximum atomic E-state index is 12.4. The fourth-order valence-corrected chi connectivity index (χ4v) is 3.30. The number of carbonyl (C=O) groups excluding carboxylic acids is 1. The van der Waals surface area contributed by atoms with Gasteiger partial charge in [-0.1, -0.05) is 37.1 Å². The number of esters is 1. The van der Waals surface area contributed by atoms with Gasteiger partial charge in [0.2, 0.25) is 5.95 Å². The van der Waals surface area contributed by atoms with E-state index in [-0.39, 0.29) is 28.8 Å². The molecule has 186 valence electrons. The van der Waals surface area contributed by atoms with E-state index in [4.69, 9.17) is 21.1 Å². The molecule has 7 nitrogen and oxygen atoms in total. The second-order valence-electron chi connectivity index (χ2n) is 7.37. The van der Waals surface area contributed by atoms with Crippen molar-refractivity contribution in [2.45, 2.75) is 32.7 Å². The standard InChI is InChI=1S/C24H23ClF3N3O4/c1-3-4-8-34-20-11-16(10-19(21(20)25)22(32)33-2)17-13-30-23(31-14-17)29-12-15-6-5-7-18(9-15)35-24(26,27)28/h5-7,9-11,13-14H,3-4,8,12H2,1-2H3,(H,29,30,31). The zero-order valence-electron chi connectivity index (χ0n) is 19.0. The van der Waals surface area contributed by atoms with E-state index in [1.54, 1.807) is 30.6 Å². The van der Waals surface area contributed by atoms with E-state index >= 15 is 0 Å². The van der Waals surface area contributed by atoms with E-state index in [0.717, 1.165) is 12.8 Å². The van der Waals surface area contributed by atoms with Crippen molar-refractivity contribution < 1.29 is 32.2 Å². The zero-order valence-corrected chi connectivity index (χ0v) is 19.7. The Morgan fingerprint density at radius 1 is 1.11 bits per heavy atom. The summed E-state index contributed by atoms with van der Waals surface area (Å²) in [4.78, 5) is 20.7. The van der Waals surface area contributed by atoms with Crippen LogP contribution in [0, 0.1) is 0 Å². The van der Waals surface area contributed by atoms with Crippen molar-refractivity contribution in [3.05, 3.63) is 64.9 Å². The van der Waals surface area contributed by atoms with Gasteiger partial charge in [-0.3, -0.25) is 0 Å². The Bertz CT molecular complexity index is 1160. The number of nitrogens with zero attached hydrogens (tertiary/aromatic N) is 2. The van der Waals surface area contributed by atoms with E-state index in [2.05, 4.69) is 20.0 Å². The van der Waals surface area contributed by atoms with Crippen LogP contribution in [0.2, 0.25) is 5.02 Å². The van der Waals surface area contributed by atoms with Crippen LogP contribution in [0.4, 0.5) is 19.1 Å². The SMILES string of the molecule is CCCCOc1cc(-c2cnc(NCc3cccc(OC(F)(F)F)c3)nc2)cc(C(=O)OC)c1Cl. The van der Waals surface area contributed by atoms with Crippen molar-refractivity contribution >= 4 is 23.5 Å². The molecular weight excluding hydrogens is 487 g/mol. The van der Waals surface area contributed by atoms with Crippen molar-refractivity contribution in [3.63, 3.8) is 0 Å². The number of unbranched alkanes of at least 4 members (excludes halogenated alkanes) is 1. The van der Waals surface area contributed by atoms with Crippen LogP contribution in [-0.4, -0.2) is 36.0 Å². The minimum atomic E-state index is -4.76. The first-order valence-electron chi connectivity index (χ1n) is 10.7. The number of hydrogen-bond acceptors (Lipinski definition) is 7. The van der Waals surface area contributed by atoms with Crippen LogP contribution in [0.15, 0.2) is 48.8 Å². The van der Waals surface area contributed by atoms with Crippen LogP contribution < -0.4 is 14.8 Å². The van der Waals surface area contributed by atoms with E-state index in [1.807, 2.05) is 6.92 Å². The number of nitrogens with one attached hydrogen (secondary N) is 1. The first kappa shape index (κ1) is 26.1. The summed E-state index contributed by atoms with van der Waals surface area (Å²) in [5.41, 5.74) is 1.90. The monoisotopic (exact) mass is 509 g/mol. The number of ether oxygens (including phenoxy) is 3. The van der Waals surface area contributed by atoms with Gasteiger partial charge >= 0.3 is 12.3 Å². The topological polar surface area (TPSA) is 82.6 Å². The predicted octanol–water partition coefficient (Wildman–Crippen LogP) is 6.27. The first-order valence-corrected chi connectivity index (χ1v) is 11.0. The lowest BCUT2D eigenvalue weighted by Gasteiger charge is -2.13. The largest absolute Gasteiger partial charge is 0.573 e. The number of rotatable bonds is 10. The van der Waals surface area contributed by atoms with Gasteiger partial charge in [0.05, 0.1) is 24.3 Å². The molecule has 3 aromatic rings. The number of anilines is 1. The number of carbonyl (C=O) groups is 1. The fourth-order valence-electron chi connectivity index (χ4n) is 3.06. The van der Waals surface area contributed by atoms with Gasteiger partial charge < -0.3 is 19.5 Å². The van der Waals surface area contributed by atoms with E-state index in [0.29, 0.717) is 29.0 Å². The minimum absolute atomic E-state index is 0.154. The highest BCUT2D eigenvalue weighted by atomic mass is 35.5. The van der Waals surface area contributed by atoms with E-state index in [9.17, 15) is 18.0 Å². The van der Waals surface area contributed by atoms with Gasteiger partial charge in [0.25, 0.3) is 0 Å². The Kier molecular flexibility index (Phi) is 8.75. The Morgan fingerprint density at radius 2 is 1.86 bits per heavy atom. The van der Waals surface area contributed by atoms with Crippen LogP contribution in [0.1, 0.15) is 35.7 Å². The molecule has 0 fully saturated rings. The van der Waals surface area contributed by atoms with Gasteiger partial charge in [-0.15, -0.1) is 13.2 Å². The molecule has 1 heterocycles. The minimum Gasteiger partial charge on any atom is -0.492 e. The smallest absolute Gasteiger partial charge is 0.492 e. The summed E-state index contributed by atoms with van der Waals surface area (Å²) >= 11 is 6.35. The van der Waals surface area contributed by atoms with Crippen LogP contribution >= 0.6 is 11.6 Å². The van der Waals surface area contributed by atoms with Gasteiger partial charge in [-0.05, 0) is 41.8 Å². The van der Waals surface area contributed by atoms with Crippen molar-refractivity contribution in [1.82, 2.24) is 9.97 Å². The highest BCUT2D eigenvalue weighted by Gasteiger charge is 2.31. The Labute approximate surface area is 205 Å². The number of methoxy groups -OCH3 is 1. The third-order valence-electron chi connectivity index (χ3n) is 4.77. The predicted molar refractivity (Wildman–Crippen MR) is 125 cm³/mol. The maximum absolute atomic E-state index is 12.4. The third kappa shape index (κ3) is 7.48.